The van der Waals surface area contributed by atoms with Gasteiger partial charge in [-0.25, -0.2) is 13.4 Å². The van der Waals surface area contributed by atoms with Crippen molar-refractivity contribution in [3.05, 3.63) is 12.5 Å². The standard InChI is InChI=1S/C13H22N4O5S/c1-9(2)16-7-12(15-8-16)23(21,22)17(10(3)13(19)20)6-5-14-11(4)18/h7-10H,5-6H2,1-4H3,(H,14,18)(H,19,20). The highest BCUT2D eigenvalue weighted by atomic mass is 32.2. The molecule has 1 rings (SSSR count). The molecule has 9 nitrogen and oxygen atoms in total. The minimum Gasteiger partial charge on any atom is -0.480 e. The third-order valence-corrected chi connectivity index (χ3v) is 5.10. The highest BCUT2D eigenvalue weighted by molar-refractivity contribution is 7.89. The molecule has 0 saturated carbocycles. The molecule has 1 unspecified atom stereocenters. The van der Waals surface area contributed by atoms with E-state index in [4.69, 9.17) is 5.11 Å². The second-order valence-electron chi connectivity index (χ2n) is 5.37. The van der Waals surface area contributed by atoms with Crippen LogP contribution in [0.4, 0.5) is 0 Å². The van der Waals surface area contributed by atoms with Crippen LogP contribution in [0.25, 0.3) is 0 Å². The molecule has 1 aromatic rings. The smallest absolute Gasteiger partial charge is 0.321 e. The predicted octanol–water partition coefficient (Wildman–Crippen LogP) is 0.0639. The summed E-state index contributed by atoms with van der Waals surface area (Å²) in [5, 5.41) is 11.4. The van der Waals surface area contributed by atoms with Crippen molar-refractivity contribution < 1.29 is 23.1 Å². The van der Waals surface area contributed by atoms with Gasteiger partial charge in [0, 0.05) is 32.3 Å². The van der Waals surface area contributed by atoms with Gasteiger partial charge in [0.1, 0.15) is 6.04 Å². The number of carbonyl (C=O) groups excluding carboxylic acids is 1. The van der Waals surface area contributed by atoms with Crippen LogP contribution in [0, 0.1) is 0 Å². The number of carboxylic acid groups (broad SMARTS) is 1. The molecule has 0 bridgehead atoms. The molecular formula is C13H22N4O5S. The summed E-state index contributed by atoms with van der Waals surface area (Å²) in [5.41, 5.74) is 0. The highest BCUT2D eigenvalue weighted by Crippen LogP contribution is 2.18. The van der Waals surface area contributed by atoms with Crippen LogP contribution in [-0.2, 0) is 19.6 Å². The zero-order valence-electron chi connectivity index (χ0n) is 13.6. The first kappa shape index (κ1) is 19.1. The fourth-order valence-electron chi connectivity index (χ4n) is 1.84. The molecule has 0 saturated heterocycles. The molecule has 0 aromatic carbocycles. The van der Waals surface area contributed by atoms with Gasteiger partial charge in [-0.1, -0.05) is 0 Å². The van der Waals surface area contributed by atoms with Crippen molar-refractivity contribution in [2.45, 2.75) is 44.8 Å². The lowest BCUT2D eigenvalue weighted by molar-refractivity contribution is -0.140. The molecule has 2 N–H and O–H groups in total. The maximum Gasteiger partial charge on any atom is 0.321 e. The lowest BCUT2D eigenvalue weighted by Crippen LogP contribution is -2.46. The molecule has 0 aliphatic carbocycles. The van der Waals surface area contributed by atoms with E-state index in [0.717, 1.165) is 4.31 Å². The largest absolute Gasteiger partial charge is 0.480 e. The maximum atomic E-state index is 12.7. The van der Waals surface area contributed by atoms with Crippen molar-refractivity contribution in [3.63, 3.8) is 0 Å². The number of hydrogen-bond acceptors (Lipinski definition) is 5. The summed E-state index contributed by atoms with van der Waals surface area (Å²) in [5.74, 6) is -1.60. The first-order valence-electron chi connectivity index (χ1n) is 7.10. The van der Waals surface area contributed by atoms with Crippen molar-refractivity contribution >= 4 is 21.9 Å². The van der Waals surface area contributed by atoms with Crippen molar-refractivity contribution in [1.29, 1.82) is 0 Å². The van der Waals surface area contributed by atoms with Gasteiger partial charge in [-0.15, -0.1) is 0 Å². The lowest BCUT2D eigenvalue weighted by Gasteiger charge is -2.24. The number of aliphatic carboxylic acids is 1. The van der Waals surface area contributed by atoms with E-state index < -0.39 is 22.0 Å². The van der Waals surface area contributed by atoms with E-state index in [1.54, 1.807) is 4.57 Å². The summed E-state index contributed by atoms with van der Waals surface area (Å²) < 4.78 is 27.8. The van der Waals surface area contributed by atoms with Crippen LogP contribution in [0.1, 0.15) is 33.7 Å². The average molecular weight is 346 g/mol. The number of carbonyl (C=O) groups is 2. The number of imidazole rings is 1. The first-order chi connectivity index (χ1) is 10.6. The molecule has 1 atom stereocenters. The van der Waals surface area contributed by atoms with E-state index in [-0.39, 0.29) is 30.1 Å². The molecule has 0 spiro atoms. The topological polar surface area (TPSA) is 122 Å². The van der Waals surface area contributed by atoms with Crippen LogP contribution < -0.4 is 5.32 Å². The molecule has 1 amide bonds. The number of nitrogens with zero attached hydrogens (tertiary/aromatic N) is 3. The summed E-state index contributed by atoms with van der Waals surface area (Å²) in [6.45, 7) is 6.15. The Morgan fingerprint density at radius 1 is 1.39 bits per heavy atom. The van der Waals surface area contributed by atoms with Gasteiger partial charge in [0.05, 0.1) is 6.33 Å². The van der Waals surface area contributed by atoms with E-state index in [1.165, 1.54) is 26.4 Å². The fourth-order valence-corrected chi connectivity index (χ4v) is 3.35. The number of hydrogen-bond donors (Lipinski definition) is 2. The SMILES string of the molecule is CC(=O)NCCN(C(C)C(=O)O)S(=O)(=O)c1cn(C(C)C)cn1. The van der Waals surface area contributed by atoms with Gasteiger partial charge in [-0.2, -0.15) is 4.31 Å². The Morgan fingerprint density at radius 3 is 2.43 bits per heavy atom. The molecule has 23 heavy (non-hydrogen) atoms. The Balaban J connectivity index is 3.10. The number of aromatic nitrogens is 2. The van der Waals surface area contributed by atoms with Crippen LogP contribution in [-0.4, -0.2) is 58.4 Å². The second-order valence-corrected chi connectivity index (χ2v) is 7.20. The van der Waals surface area contributed by atoms with Crippen molar-refractivity contribution in [2.24, 2.45) is 0 Å². The Kier molecular flexibility index (Phi) is 6.28. The number of sulfonamides is 1. The number of amides is 1. The molecule has 0 radical (unpaired) electrons. The van der Waals surface area contributed by atoms with Gasteiger partial charge >= 0.3 is 5.97 Å². The Bertz CT molecular complexity index is 668. The Labute approximate surface area is 135 Å². The minimum atomic E-state index is -4.09. The van der Waals surface area contributed by atoms with Crippen molar-refractivity contribution in [1.82, 2.24) is 19.2 Å². The zero-order chi connectivity index (χ0) is 17.8. The minimum absolute atomic E-state index is 0.0110. The van der Waals surface area contributed by atoms with Gasteiger partial charge in [0.15, 0.2) is 5.03 Å². The van der Waals surface area contributed by atoms with Crippen LogP contribution in [0.15, 0.2) is 17.6 Å². The normalized spacial score (nSPS) is 13.3. The molecule has 0 aliphatic heterocycles. The fraction of sp³-hybridized carbons (Fsp3) is 0.615. The van der Waals surface area contributed by atoms with Crippen LogP contribution in [0.3, 0.4) is 0 Å². The quantitative estimate of drug-likeness (QED) is 0.686. The molecule has 0 fully saturated rings. The molecule has 1 heterocycles. The van der Waals surface area contributed by atoms with Crippen molar-refractivity contribution in [3.8, 4) is 0 Å². The molecule has 10 heteroatoms. The van der Waals surface area contributed by atoms with E-state index in [9.17, 15) is 18.0 Å². The van der Waals surface area contributed by atoms with E-state index in [0.29, 0.717) is 0 Å². The van der Waals surface area contributed by atoms with Gasteiger partial charge in [0.25, 0.3) is 10.0 Å². The Morgan fingerprint density at radius 2 is 2.00 bits per heavy atom. The summed E-state index contributed by atoms with van der Waals surface area (Å²) in [4.78, 5) is 26.0. The average Bonchev–Trinajstić information content (AvgIpc) is 2.92. The third-order valence-electron chi connectivity index (χ3n) is 3.24. The monoisotopic (exact) mass is 346 g/mol. The molecule has 1 aromatic heterocycles. The van der Waals surface area contributed by atoms with Crippen LogP contribution >= 0.6 is 0 Å². The maximum absolute atomic E-state index is 12.7. The third kappa shape index (κ3) is 4.76. The molecular weight excluding hydrogens is 324 g/mol. The highest BCUT2D eigenvalue weighted by Gasteiger charge is 2.34. The number of nitrogens with one attached hydrogen (secondary N) is 1. The first-order valence-corrected chi connectivity index (χ1v) is 8.54. The second kappa shape index (κ2) is 7.55. The van der Waals surface area contributed by atoms with Crippen LogP contribution in [0.5, 0.6) is 0 Å². The number of carboxylic acids is 1. The number of rotatable bonds is 8. The van der Waals surface area contributed by atoms with Gasteiger partial charge in [-0.3, -0.25) is 9.59 Å². The molecule has 0 aliphatic rings. The van der Waals surface area contributed by atoms with Gasteiger partial charge in [-0.05, 0) is 20.8 Å². The summed E-state index contributed by atoms with van der Waals surface area (Å²) in [6.07, 6.45) is 2.74. The molecule has 130 valence electrons. The Hall–Kier alpha value is -1.94. The van der Waals surface area contributed by atoms with E-state index in [2.05, 4.69) is 10.3 Å². The predicted molar refractivity (Wildman–Crippen MR) is 82.3 cm³/mol. The summed E-state index contributed by atoms with van der Waals surface area (Å²) in [7, 11) is -4.09. The van der Waals surface area contributed by atoms with Gasteiger partial charge in [0.2, 0.25) is 5.91 Å². The van der Waals surface area contributed by atoms with Gasteiger partial charge < -0.3 is 15.0 Å². The van der Waals surface area contributed by atoms with Crippen LogP contribution in [0.2, 0.25) is 0 Å². The summed E-state index contributed by atoms with van der Waals surface area (Å²) in [6, 6.07) is -1.26. The van der Waals surface area contributed by atoms with E-state index >= 15 is 0 Å². The lowest BCUT2D eigenvalue weighted by atomic mass is 10.3. The van der Waals surface area contributed by atoms with E-state index in [1.807, 2.05) is 13.8 Å². The van der Waals surface area contributed by atoms with Crippen molar-refractivity contribution in [2.75, 3.05) is 13.1 Å². The zero-order valence-corrected chi connectivity index (χ0v) is 14.4. The summed E-state index contributed by atoms with van der Waals surface area (Å²) >= 11 is 0.